The zero-order valence-electron chi connectivity index (χ0n) is 18.1. The van der Waals surface area contributed by atoms with Gasteiger partial charge in [-0.15, -0.1) is 0 Å². The van der Waals surface area contributed by atoms with Gasteiger partial charge in [0.05, 0.1) is 0 Å². The van der Waals surface area contributed by atoms with Crippen molar-refractivity contribution in [1.29, 1.82) is 0 Å². The van der Waals surface area contributed by atoms with Gasteiger partial charge in [-0.3, -0.25) is 19.7 Å². The number of carbonyl (C=O) groups excluding carboxylic acids is 4. The lowest BCUT2D eigenvalue weighted by Crippen LogP contribution is -2.52. The maximum atomic E-state index is 12.8. The molecule has 31 heavy (non-hydrogen) atoms. The Bertz CT molecular complexity index is 930. The quantitative estimate of drug-likeness (QED) is 0.717. The summed E-state index contributed by atoms with van der Waals surface area (Å²) in [6.07, 6.45) is 0.291. The molecule has 166 valence electrons. The highest BCUT2D eigenvalue weighted by atomic mass is 16.6. The topological polar surface area (TPSA) is 99.3 Å². The van der Waals surface area contributed by atoms with Crippen molar-refractivity contribution >= 4 is 29.5 Å². The van der Waals surface area contributed by atoms with E-state index in [2.05, 4.69) is 10.2 Å². The Morgan fingerprint density at radius 1 is 1.10 bits per heavy atom. The number of benzene rings is 1. The molecule has 0 aliphatic carbocycles. The molecule has 0 radical (unpaired) electrons. The number of rotatable bonds is 2. The second kappa shape index (κ2) is 7.86. The highest BCUT2D eigenvalue weighted by molar-refractivity contribution is 6.05. The summed E-state index contributed by atoms with van der Waals surface area (Å²) in [7, 11) is 0. The molecular formula is C22H28N4O5. The molecule has 0 spiro atoms. The van der Waals surface area contributed by atoms with Gasteiger partial charge in [0.1, 0.15) is 11.6 Å². The minimum absolute atomic E-state index is 0.175. The number of nitrogens with one attached hydrogen (secondary N) is 1. The molecule has 2 saturated heterocycles. The first-order valence-corrected chi connectivity index (χ1v) is 10.6. The van der Waals surface area contributed by atoms with Crippen molar-refractivity contribution in [2.75, 3.05) is 31.1 Å². The molecule has 0 saturated carbocycles. The van der Waals surface area contributed by atoms with Crippen molar-refractivity contribution in [2.24, 2.45) is 0 Å². The average molecular weight is 428 g/mol. The van der Waals surface area contributed by atoms with E-state index in [-0.39, 0.29) is 24.3 Å². The number of amides is 4. The fourth-order valence-electron chi connectivity index (χ4n) is 4.23. The van der Waals surface area contributed by atoms with E-state index in [4.69, 9.17) is 4.74 Å². The van der Waals surface area contributed by atoms with E-state index in [0.717, 1.165) is 11.3 Å². The Labute approximate surface area is 181 Å². The molecule has 1 aromatic rings. The van der Waals surface area contributed by atoms with Crippen LogP contribution in [0, 0.1) is 0 Å². The summed E-state index contributed by atoms with van der Waals surface area (Å²) >= 11 is 0. The van der Waals surface area contributed by atoms with Gasteiger partial charge in [0.2, 0.25) is 11.8 Å². The zero-order valence-corrected chi connectivity index (χ0v) is 18.1. The summed E-state index contributed by atoms with van der Waals surface area (Å²) in [6, 6.07) is 5.09. The van der Waals surface area contributed by atoms with Crippen molar-refractivity contribution in [3.8, 4) is 0 Å². The van der Waals surface area contributed by atoms with E-state index in [1.54, 1.807) is 15.9 Å². The first-order chi connectivity index (χ1) is 14.6. The molecule has 3 heterocycles. The number of nitrogens with zero attached hydrogens (tertiary/aromatic N) is 3. The molecule has 0 bridgehead atoms. The highest BCUT2D eigenvalue weighted by Gasteiger charge is 2.39. The maximum absolute atomic E-state index is 12.8. The van der Waals surface area contributed by atoms with Crippen molar-refractivity contribution in [3.05, 3.63) is 29.3 Å². The fraction of sp³-hybridized carbons (Fsp3) is 0.545. The van der Waals surface area contributed by atoms with Gasteiger partial charge in [-0.1, -0.05) is 0 Å². The van der Waals surface area contributed by atoms with Crippen molar-refractivity contribution < 1.29 is 23.9 Å². The zero-order chi connectivity index (χ0) is 22.3. The Morgan fingerprint density at radius 2 is 1.81 bits per heavy atom. The number of fused-ring (bicyclic) bond motifs is 1. The Balaban J connectivity index is 1.41. The Kier molecular flexibility index (Phi) is 5.36. The van der Waals surface area contributed by atoms with E-state index in [9.17, 15) is 19.2 Å². The number of anilines is 1. The van der Waals surface area contributed by atoms with Crippen LogP contribution in [0.15, 0.2) is 18.2 Å². The first kappa shape index (κ1) is 21.1. The summed E-state index contributed by atoms with van der Waals surface area (Å²) in [6.45, 7) is 8.37. The minimum Gasteiger partial charge on any atom is -0.444 e. The lowest BCUT2D eigenvalue weighted by Gasteiger charge is -2.36. The summed E-state index contributed by atoms with van der Waals surface area (Å²) in [5.74, 6) is -0.875. The smallest absolute Gasteiger partial charge is 0.410 e. The van der Waals surface area contributed by atoms with Gasteiger partial charge in [-0.2, -0.15) is 0 Å². The summed E-state index contributed by atoms with van der Waals surface area (Å²) in [5.41, 5.74) is 1.94. The van der Waals surface area contributed by atoms with Gasteiger partial charge >= 0.3 is 6.09 Å². The third-order valence-corrected chi connectivity index (χ3v) is 5.80. The van der Waals surface area contributed by atoms with Crippen molar-refractivity contribution in [3.63, 3.8) is 0 Å². The Hall–Kier alpha value is -3.10. The van der Waals surface area contributed by atoms with E-state index < -0.39 is 17.6 Å². The minimum atomic E-state index is -0.613. The molecule has 9 nitrogen and oxygen atoms in total. The van der Waals surface area contributed by atoms with Crippen LogP contribution < -0.4 is 10.2 Å². The number of imide groups is 1. The second-order valence-electron chi connectivity index (χ2n) is 9.20. The molecule has 3 aliphatic rings. The summed E-state index contributed by atoms with van der Waals surface area (Å²) < 4.78 is 5.45. The van der Waals surface area contributed by atoms with Crippen LogP contribution in [-0.2, 0) is 20.9 Å². The number of carbonyl (C=O) groups is 4. The van der Waals surface area contributed by atoms with Gasteiger partial charge in [-0.25, -0.2) is 4.79 Å². The SMILES string of the molecule is CC(C)(C)OC(=O)N1CCN(c2ccc3c(c2)CN(C2CCC(=O)NC2=O)C3=O)CC1. The van der Waals surface area contributed by atoms with Gasteiger partial charge in [-0.05, 0) is 51.0 Å². The molecule has 1 aromatic carbocycles. The van der Waals surface area contributed by atoms with Crippen LogP contribution in [0.4, 0.5) is 10.5 Å². The predicted octanol–water partition coefficient (Wildman–Crippen LogP) is 1.50. The molecule has 1 atom stereocenters. The number of ether oxygens (including phenoxy) is 1. The van der Waals surface area contributed by atoms with Gasteiger partial charge in [0, 0.05) is 50.4 Å². The van der Waals surface area contributed by atoms with Crippen LogP contribution in [0.3, 0.4) is 0 Å². The average Bonchev–Trinajstić information content (AvgIpc) is 3.02. The number of piperazine rings is 1. The number of piperidine rings is 1. The molecule has 2 fully saturated rings. The van der Waals surface area contributed by atoms with Crippen molar-refractivity contribution in [2.45, 2.75) is 51.8 Å². The van der Waals surface area contributed by atoms with Crippen LogP contribution in [0.1, 0.15) is 49.5 Å². The van der Waals surface area contributed by atoms with Gasteiger partial charge in [0.25, 0.3) is 5.91 Å². The molecule has 1 N–H and O–H groups in total. The van der Waals surface area contributed by atoms with Crippen molar-refractivity contribution in [1.82, 2.24) is 15.1 Å². The fourth-order valence-corrected chi connectivity index (χ4v) is 4.23. The standard InChI is InChI=1S/C22H28N4O5/c1-22(2,3)31-21(30)25-10-8-24(9-11-25)15-4-5-16-14(12-15)13-26(20(16)29)17-6-7-18(27)23-19(17)28/h4-5,12,17H,6-11,13H2,1-3H3,(H,23,27,28). The molecule has 4 rings (SSSR count). The predicted molar refractivity (Wildman–Crippen MR) is 113 cm³/mol. The van der Waals surface area contributed by atoms with E-state index >= 15 is 0 Å². The van der Waals surface area contributed by atoms with E-state index in [1.807, 2.05) is 32.9 Å². The van der Waals surface area contributed by atoms with Crippen LogP contribution in [0.25, 0.3) is 0 Å². The van der Waals surface area contributed by atoms with Crippen LogP contribution >= 0.6 is 0 Å². The number of hydrogen-bond donors (Lipinski definition) is 1. The van der Waals surface area contributed by atoms with E-state index in [0.29, 0.717) is 44.7 Å². The largest absolute Gasteiger partial charge is 0.444 e. The summed E-state index contributed by atoms with van der Waals surface area (Å²) in [4.78, 5) is 54.2. The van der Waals surface area contributed by atoms with Crippen LogP contribution in [0.5, 0.6) is 0 Å². The van der Waals surface area contributed by atoms with Gasteiger partial charge < -0.3 is 19.4 Å². The molecule has 1 unspecified atom stereocenters. The monoisotopic (exact) mass is 428 g/mol. The number of hydrogen-bond acceptors (Lipinski definition) is 6. The molecule has 4 amide bonds. The van der Waals surface area contributed by atoms with Crippen LogP contribution in [-0.4, -0.2) is 71.4 Å². The van der Waals surface area contributed by atoms with Crippen LogP contribution in [0.2, 0.25) is 0 Å². The third-order valence-electron chi connectivity index (χ3n) is 5.80. The molecule has 3 aliphatic heterocycles. The van der Waals surface area contributed by atoms with E-state index in [1.165, 1.54) is 0 Å². The maximum Gasteiger partial charge on any atom is 0.410 e. The normalized spacial score (nSPS) is 21.8. The highest BCUT2D eigenvalue weighted by Crippen LogP contribution is 2.31. The lowest BCUT2D eigenvalue weighted by molar-refractivity contribution is -0.136. The second-order valence-corrected chi connectivity index (χ2v) is 9.20. The molecule has 9 heteroatoms. The van der Waals surface area contributed by atoms with Gasteiger partial charge in [0.15, 0.2) is 0 Å². The Morgan fingerprint density at radius 3 is 2.45 bits per heavy atom. The first-order valence-electron chi connectivity index (χ1n) is 10.6. The molecule has 0 aromatic heterocycles. The third kappa shape index (κ3) is 4.35. The lowest BCUT2D eigenvalue weighted by atomic mass is 10.0. The molecular weight excluding hydrogens is 400 g/mol. The summed E-state index contributed by atoms with van der Waals surface area (Å²) in [5, 5.41) is 2.32.